The van der Waals surface area contributed by atoms with Crippen molar-refractivity contribution < 1.29 is 17.9 Å². The molecule has 7 heteroatoms. The molecule has 2 aliphatic heterocycles. The summed E-state index contributed by atoms with van der Waals surface area (Å²) in [5.74, 6) is 0.669. The van der Waals surface area contributed by atoms with Crippen LogP contribution < -0.4 is 4.74 Å². The second-order valence-electron chi connectivity index (χ2n) is 6.74. The summed E-state index contributed by atoms with van der Waals surface area (Å²) in [4.78, 5) is 15.5. The molecule has 2 atom stereocenters. The van der Waals surface area contributed by atoms with Crippen LogP contribution in [0.25, 0.3) is 0 Å². The quantitative estimate of drug-likeness (QED) is 0.790. The minimum atomic E-state index is -3.25. The van der Waals surface area contributed by atoms with Gasteiger partial charge in [-0.3, -0.25) is 4.79 Å². The zero-order valence-corrected chi connectivity index (χ0v) is 16.0. The highest BCUT2D eigenvalue weighted by Crippen LogP contribution is 2.33. The van der Waals surface area contributed by atoms with Crippen LogP contribution in [-0.2, 0) is 21.1 Å². The Kier molecular flexibility index (Phi) is 4.75. The van der Waals surface area contributed by atoms with Crippen LogP contribution >= 0.6 is 11.3 Å². The van der Waals surface area contributed by atoms with E-state index in [1.807, 2.05) is 41.8 Å². The van der Waals surface area contributed by atoms with Crippen molar-refractivity contribution >= 4 is 27.1 Å². The first kappa shape index (κ1) is 17.5. The summed E-state index contributed by atoms with van der Waals surface area (Å²) in [6, 6.07) is 11.5. The van der Waals surface area contributed by atoms with Crippen LogP contribution in [0.1, 0.15) is 28.5 Å². The smallest absolute Gasteiger partial charge is 0.263 e. The van der Waals surface area contributed by atoms with Gasteiger partial charge in [-0.2, -0.15) is 0 Å². The molecular formula is C19H21NO4S2. The molecule has 1 aromatic heterocycles. The fraction of sp³-hybridized carbons (Fsp3) is 0.421. The van der Waals surface area contributed by atoms with Crippen LogP contribution in [0.3, 0.4) is 0 Å². The molecule has 3 heterocycles. The second kappa shape index (κ2) is 7.04. The Morgan fingerprint density at radius 2 is 1.96 bits per heavy atom. The van der Waals surface area contributed by atoms with Crippen molar-refractivity contribution in [3.8, 4) is 5.75 Å². The number of carbonyl (C=O) groups is 1. The van der Waals surface area contributed by atoms with E-state index in [1.165, 1.54) is 11.3 Å². The third kappa shape index (κ3) is 3.38. The van der Waals surface area contributed by atoms with Crippen molar-refractivity contribution in [3.05, 3.63) is 52.2 Å². The van der Waals surface area contributed by atoms with Gasteiger partial charge in [0.1, 0.15) is 5.75 Å². The lowest BCUT2D eigenvalue weighted by molar-refractivity contribution is -0.139. The molecule has 1 fully saturated rings. The summed E-state index contributed by atoms with van der Waals surface area (Å²) in [7, 11) is -3.25. The summed E-state index contributed by atoms with van der Waals surface area (Å²) in [5, 5.41) is 1.39. The Morgan fingerprint density at radius 1 is 1.12 bits per heavy atom. The van der Waals surface area contributed by atoms with Crippen LogP contribution in [0.15, 0.2) is 41.8 Å². The van der Waals surface area contributed by atoms with E-state index in [1.54, 1.807) is 4.90 Å². The average Bonchev–Trinajstić information content (AvgIpc) is 3.12. The molecule has 2 aromatic rings. The number of aryl methyl sites for hydroxylation is 1. The summed E-state index contributed by atoms with van der Waals surface area (Å²) in [6.45, 7) is 0.687. The molecule has 138 valence electrons. The molecular weight excluding hydrogens is 370 g/mol. The summed E-state index contributed by atoms with van der Waals surface area (Å²) >= 11 is 1.46. The van der Waals surface area contributed by atoms with Crippen LogP contribution in [-0.4, -0.2) is 44.2 Å². The molecule has 5 nitrogen and oxygen atoms in total. The molecule has 1 amide bonds. The predicted molar refractivity (Wildman–Crippen MR) is 101 cm³/mol. The van der Waals surface area contributed by atoms with Gasteiger partial charge in [0.15, 0.2) is 15.9 Å². The molecule has 0 bridgehead atoms. The second-order valence-corrected chi connectivity index (χ2v) is 10.0. The maximum absolute atomic E-state index is 12.9. The topological polar surface area (TPSA) is 63.7 Å². The first-order valence-electron chi connectivity index (χ1n) is 8.83. The third-order valence-electron chi connectivity index (χ3n) is 5.11. The maximum Gasteiger partial charge on any atom is 0.263 e. The number of hydrogen-bond acceptors (Lipinski definition) is 5. The van der Waals surface area contributed by atoms with E-state index in [-0.39, 0.29) is 18.2 Å². The van der Waals surface area contributed by atoms with Crippen molar-refractivity contribution in [1.82, 2.24) is 4.90 Å². The van der Waals surface area contributed by atoms with Gasteiger partial charge in [-0.15, -0.1) is 11.3 Å². The van der Waals surface area contributed by atoms with E-state index in [0.29, 0.717) is 19.4 Å². The van der Waals surface area contributed by atoms with Gasteiger partial charge in [0, 0.05) is 18.0 Å². The van der Waals surface area contributed by atoms with Gasteiger partial charge in [-0.05, 0) is 42.3 Å². The highest BCUT2D eigenvalue weighted by Gasteiger charge is 2.36. The summed E-state index contributed by atoms with van der Waals surface area (Å²) in [5.41, 5.74) is 1.12. The fourth-order valence-corrected chi connectivity index (χ4v) is 6.66. The van der Waals surface area contributed by atoms with Crippen LogP contribution in [0, 0.1) is 0 Å². The first-order valence-corrected chi connectivity index (χ1v) is 11.4. The van der Waals surface area contributed by atoms with Gasteiger partial charge in [0.05, 0.1) is 11.0 Å². The Labute approximate surface area is 157 Å². The van der Waals surface area contributed by atoms with Gasteiger partial charge < -0.3 is 9.64 Å². The van der Waals surface area contributed by atoms with Gasteiger partial charge in [-0.1, -0.05) is 24.3 Å². The normalized spacial score (nSPS) is 25.0. The van der Waals surface area contributed by atoms with Crippen LogP contribution in [0.4, 0.5) is 0 Å². The Morgan fingerprint density at radius 3 is 2.77 bits per heavy atom. The first-order chi connectivity index (χ1) is 12.5. The lowest BCUT2D eigenvalue weighted by atomic mass is 10.0. The number of carbonyl (C=O) groups excluding carboxylic acids is 1. The number of hydrogen-bond donors (Lipinski definition) is 0. The van der Waals surface area contributed by atoms with E-state index < -0.39 is 21.2 Å². The number of nitrogens with zero attached hydrogens (tertiary/aromatic N) is 1. The highest BCUT2D eigenvalue weighted by atomic mass is 32.2. The van der Waals surface area contributed by atoms with Crippen molar-refractivity contribution in [2.75, 3.05) is 18.8 Å². The third-order valence-corrected chi connectivity index (χ3v) is 8.35. The standard InChI is InChI=1S/C19H21NO4S2/c21-19(16-8-7-14-4-1-2-5-15(14)24-16)20-10-9-18(17-6-3-12-25-17)26(22,23)13-11-20/h1-6,12,16,18H,7-11,13H2/t16-,18-/m1/s1. The zero-order valence-electron chi connectivity index (χ0n) is 14.3. The summed E-state index contributed by atoms with van der Waals surface area (Å²) < 4.78 is 31.2. The number of sulfone groups is 1. The van der Waals surface area contributed by atoms with Gasteiger partial charge in [0.25, 0.3) is 5.91 Å². The lowest BCUT2D eigenvalue weighted by Gasteiger charge is -2.30. The molecule has 1 saturated heterocycles. The number of rotatable bonds is 2. The molecule has 0 saturated carbocycles. The SMILES string of the molecule is O=C([C@H]1CCc2ccccc2O1)N1CC[C@H](c2cccs2)S(=O)(=O)CC1. The van der Waals surface area contributed by atoms with E-state index >= 15 is 0 Å². The highest BCUT2D eigenvalue weighted by molar-refractivity contribution is 7.91. The maximum atomic E-state index is 12.9. The van der Waals surface area contributed by atoms with Crippen molar-refractivity contribution in [3.63, 3.8) is 0 Å². The molecule has 4 rings (SSSR count). The van der Waals surface area contributed by atoms with Crippen molar-refractivity contribution in [1.29, 1.82) is 0 Å². The van der Waals surface area contributed by atoms with E-state index in [2.05, 4.69) is 0 Å². The number of amides is 1. The molecule has 1 aromatic carbocycles. The monoisotopic (exact) mass is 391 g/mol. The predicted octanol–water partition coefficient (Wildman–Crippen LogP) is 2.83. The molecule has 0 spiro atoms. The minimum Gasteiger partial charge on any atom is -0.480 e. The van der Waals surface area contributed by atoms with Gasteiger partial charge >= 0.3 is 0 Å². The minimum absolute atomic E-state index is 0.00458. The van der Waals surface area contributed by atoms with E-state index in [9.17, 15) is 13.2 Å². The van der Waals surface area contributed by atoms with E-state index in [0.717, 1.165) is 22.6 Å². The fourth-order valence-electron chi connectivity index (χ4n) is 3.66. The number of thiophene rings is 1. The molecule has 0 aliphatic carbocycles. The lowest BCUT2D eigenvalue weighted by Crippen LogP contribution is -2.44. The molecule has 0 radical (unpaired) electrons. The molecule has 2 aliphatic rings. The van der Waals surface area contributed by atoms with Gasteiger partial charge in [-0.25, -0.2) is 8.42 Å². The zero-order chi connectivity index (χ0) is 18.1. The number of benzene rings is 1. The number of ether oxygens (including phenoxy) is 1. The molecule has 26 heavy (non-hydrogen) atoms. The van der Waals surface area contributed by atoms with Crippen molar-refractivity contribution in [2.24, 2.45) is 0 Å². The van der Waals surface area contributed by atoms with Gasteiger partial charge in [0.2, 0.25) is 0 Å². The summed E-state index contributed by atoms with van der Waals surface area (Å²) in [6.07, 6.45) is 1.35. The number of para-hydroxylation sites is 1. The largest absolute Gasteiger partial charge is 0.480 e. The molecule has 0 N–H and O–H groups in total. The van der Waals surface area contributed by atoms with Crippen LogP contribution in [0.5, 0.6) is 5.75 Å². The number of fused-ring (bicyclic) bond motifs is 1. The Hall–Kier alpha value is -1.86. The van der Waals surface area contributed by atoms with Crippen LogP contribution in [0.2, 0.25) is 0 Å². The molecule has 0 unspecified atom stereocenters. The Balaban J connectivity index is 1.48. The average molecular weight is 392 g/mol. The van der Waals surface area contributed by atoms with E-state index in [4.69, 9.17) is 4.74 Å². The Bertz CT molecular complexity index is 892. The van der Waals surface area contributed by atoms with Crippen molar-refractivity contribution in [2.45, 2.75) is 30.6 Å².